The van der Waals surface area contributed by atoms with E-state index >= 15 is 0 Å². The van der Waals surface area contributed by atoms with Gasteiger partial charge in [-0.25, -0.2) is 4.79 Å². The van der Waals surface area contributed by atoms with Gasteiger partial charge in [0.2, 0.25) is 0 Å². The zero-order chi connectivity index (χ0) is 15.6. The molecule has 7 heteroatoms. The number of urea groups is 1. The normalized spacial score (nSPS) is 17.2. The van der Waals surface area contributed by atoms with Gasteiger partial charge in [0.15, 0.2) is 0 Å². The third kappa shape index (κ3) is 3.38. The number of nitrogens with two attached hydrogens (primary N) is 2. The second-order valence-electron chi connectivity index (χ2n) is 4.68. The molecule has 0 fully saturated rings. The summed E-state index contributed by atoms with van der Waals surface area (Å²) in [4.78, 5) is 34.4. The largest absolute Gasteiger partial charge is 0.366 e. The zero-order valence-electron chi connectivity index (χ0n) is 11.4. The molecule has 1 aliphatic carbocycles. The number of thiophene rings is 1. The Morgan fingerprint density at radius 1 is 1.33 bits per heavy atom. The van der Waals surface area contributed by atoms with Gasteiger partial charge in [0, 0.05) is 10.8 Å². The number of ketones is 1. The zero-order valence-corrected chi connectivity index (χ0v) is 12.2. The monoisotopic (exact) mass is 305 g/mol. The van der Waals surface area contributed by atoms with Crippen LogP contribution in [0.25, 0.3) is 5.57 Å². The SMILES string of the molecule is CC(=O)C1C=CC(c2cc(C(N)=O)c(NC(N)=O)s2)=CC1. The number of nitrogens with one attached hydrogen (secondary N) is 1. The molecule has 0 spiro atoms. The maximum absolute atomic E-state index is 11.4. The average Bonchev–Trinajstić information content (AvgIpc) is 2.82. The smallest absolute Gasteiger partial charge is 0.317 e. The molecule has 21 heavy (non-hydrogen) atoms. The Hall–Kier alpha value is -2.41. The highest BCUT2D eigenvalue weighted by Gasteiger charge is 2.19. The minimum atomic E-state index is -0.754. The second kappa shape index (κ2) is 5.92. The molecule has 0 saturated heterocycles. The maximum atomic E-state index is 11.4. The van der Waals surface area contributed by atoms with Crippen LogP contribution < -0.4 is 16.8 Å². The Morgan fingerprint density at radius 3 is 2.52 bits per heavy atom. The van der Waals surface area contributed by atoms with E-state index in [1.54, 1.807) is 13.0 Å². The molecule has 1 aromatic heterocycles. The third-order valence-electron chi connectivity index (χ3n) is 3.14. The Bertz CT molecular complexity index is 673. The van der Waals surface area contributed by atoms with E-state index in [1.807, 2.05) is 18.2 Å². The highest BCUT2D eigenvalue weighted by Crippen LogP contribution is 2.35. The number of hydrogen-bond acceptors (Lipinski definition) is 4. The van der Waals surface area contributed by atoms with Crippen LogP contribution in [0.5, 0.6) is 0 Å². The van der Waals surface area contributed by atoms with Gasteiger partial charge in [-0.2, -0.15) is 0 Å². The lowest BCUT2D eigenvalue weighted by molar-refractivity contribution is -0.119. The lowest BCUT2D eigenvalue weighted by Crippen LogP contribution is -2.21. The van der Waals surface area contributed by atoms with Crippen LogP contribution >= 0.6 is 11.3 Å². The van der Waals surface area contributed by atoms with Crippen LogP contribution in [-0.2, 0) is 4.79 Å². The summed E-state index contributed by atoms with van der Waals surface area (Å²) in [7, 11) is 0. The van der Waals surface area contributed by atoms with Crippen molar-refractivity contribution in [2.45, 2.75) is 13.3 Å². The summed E-state index contributed by atoms with van der Waals surface area (Å²) in [6.45, 7) is 1.55. The Kier molecular flexibility index (Phi) is 4.23. The van der Waals surface area contributed by atoms with Crippen molar-refractivity contribution < 1.29 is 14.4 Å². The average molecular weight is 305 g/mol. The quantitative estimate of drug-likeness (QED) is 0.788. The molecular formula is C14H15N3O3S. The summed E-state index contributed by atoms with van der Waals surface area (Å²) >= 11 is 1.22. The Labute approximate surface area is 125 Å². The molecule has 0 radical (unpaired) electrons. The summed E-state index contributed by atoms with van der Waals surface area (Å²) in [6.07, 6.45) is 6.21. The Balaban J connectivity index is 2.30. The molecule has 3 amide bonds. The van der Waals surface area contributed by atoms with Gasteiger partial charge in [0.25, 0.3) is 5.91 Å². The van der Waals surface area contributed by atoms with Gasteiger partial charge in [0.1, 0.15) is 10.8 Å². The van der Waals surface area contributed by atoms with Gasteiger partial charge in [-0.15, -0.1) is 11.3 Å². The van der Waals surface area contributed by atoms with Crippen LogP contribution in [0, 0.1) is 5.92 Å². The fourth-order valence-corrected chi connectivity index (χ4v) is 3.11. The van der Waals surface area contributed by atoms with Gasteiger partial charge in [-0.1, -0.05) is 18.2 Å². The molecular weight excluding hydrogens is 290 g/mol. The number of allylic oxidation sites excluding steroid dienone is 4. The summed E-state index contributed by atoms with van der Waals surface area (Å²) in [5.41, 5.74) is 11.5. The first-order chi connectivity index (χ1) is 9.88. The van der Waals surface area contributed by atoms with Gasteiger partial charge in [0.05, 0.1) is 5.56 Å². The van der Waals surface area contributed by atoms with Gasteiger partial charge in [-0.3, -0.25) is 14.9 Å². The maximum Gasteiger partial charge on any atom is 0.317 e. The first kappa shape index (κ1) is 15.0. The number of Topliss-reactive ketones (excluding diaryl/α,β-unsaturated/α-hetero) is 1. The van der Waals surface area contributed by atoms with Gasteiger partial charge >= 0.3 is 6.03 Å². The molecule has 110 valence electrons. The number of amides is 3. The van der Waals surface area contributed by atoms with E-state index in [1.165, 1.54) is 11.3 Å². The highest BCUT2D eigenvalue weighted by molar-refractivity contribution is 7.17. The molecule has 1 unspecified atom stereocenters. The summed E-state index contributed by atoms with van der Waals surface area (Å²) in [6, 6.07) is 0.860. The molecule has 5 N–H and O–H groups in total. The van der Waals surface area contributed by atoms with Crippen molar-refractivity contribution >= 4 is 39.6 Å². The molecule has 0 saturated carbocycles. The lowest BCUT2D eigenvalue weighted by atomic mass is 9.93. The topological polar surface area (TPSA) is 115 Å². The van der Waals surface area contributed by atoms with Crippen molar-refractivity contribution in [3.8, 4) is 0 Å². The lowest BCUT2D eigenvalue weighted by Gasteiger charge is -2.12. The van der Waals surface area contributed by atoms with Crippen molar-refractivity contribution in [2.75, 3.05) is 5.32 Å². The molecule has 1 aromatic rings. The molecule has 1 heterocycles. The van der Waals surface area contributed by atoms with E-state index in [-0.39, 0.29) is 17.3 Å². The number of anilines is 1. The number of rotatable bonds is 4. The Morgan fingerprint density at radius 2 is 2.05 bits per heavy atom. The molecule has 1 aliphatic rings. The van der Waals surface area contributed by atoms with Crippen molar-refractivity contribution in [1.29, 1.82) is 0 Å². The number of hydrogen-bond donors (Lipinski definition) is 3. The molecule has 0 aliphatic heterocycles. The van der Waals surface area contributed by atoms with Crippen LogP contribution in [-0.4, -0.2) is 17.7 Å². The molecule has 2 rings (SSSR count). The van der Waals surface area contributed by atoms with Crippen LogP contribution in [0.3, 0.4) is 0 Å². The van der Waals surface area contributed by atoms with Crippen molar-refractivity contribution in [1.82, 2.24) is 0 Å². The van der Waals surface area contributed by atoms with Crippen LogP contribution in [0.15, 0.2) is 24.3 Å². The number of primary amides is 2. The summed E-state index contributed by atoms with van der Waals surface area (Å²) in [5, 5.41) is 2.72. The van der Waals surface area contributed by atoms with Crippen molar-refractivity contribution in [3.63, 3.8) is 0 Å². The van der Waals surface area contributed by atoms with E-state index in [9.17, 15) is 14.4 Å². The standard InChI is InChI=1S/C14H15N3O3S/c1-7(18)8-2-4-9(5-3-8)11-6-10(12(15)19)13(21-11)17-14(16)20/h2,4-6,8H,3H2,1H3,(H2,15,19)(H3,16,17,20). The second-order valence-corrected chi connectivity index (χ2v) is 5.73. The molecule has 0 bridgehead atoms. The molecule has 0 aromatic carbocycles. The van der Waals surface area contributed by atoms with E-state index in [0.717, 1.165) is 10.5 Å². The van der Waals surface area contributed by atoms with Crippen LogP contribution in [0.4, 0.5) is 9.80 Å². The van der Waals surface area contributed by atoms with E-state index in [0.29, 0.717) is 11.4 Å². The van der Waals surface area contributed by atoms with E-state index in [4.69, 9.17) is 11.5 Å². The van der Waals surface area contributed by atoms with E-state index < -0.39 is 11.9 Å². The minimum absolute atomic E-state index is 0.104. The van der Waals surface area contributed by atoms with Gasteiger partial charge in [-0.05, 0) is 25.0 Å². The molecule has 1 atom stereocenters. The fraction of sp³-hybridized carbons (Fsp3) is 0.214. The van der Waals surface area contributed by atoms with Crippen LogP contribution in [0.1, 0.15) is 28.6 Å². The summed E-state index contributed by atoms with van der Waals surface area (Å²) in [5.74, 6) is -0.627. The first-order valence-electron chi connectivity index (χ1n) is 6.27. The number of carbonyl (C=O) groups is 3. The fourth-order valence-electron chi connectivity index (χ4n) is 2.03. The number of carbonyl (C=O) groups excluding carboxylic acids is 3. The summed E-state index contributed by atoms with van der Waals surface area (Å²) < 4.78 is 0. The van der Waals surface area contributed by atoms with Crippen LogP contribution in [0.2, 0.25) is 0 Å². The predicted molar refractivity (Wildman–Crippen MR) is 81.9 cm³/mol. The minimum Gasteiger partial charge on any atom is -0.366 e. The van der Waals surface area contributed by atoms with Crippen molar-refractivity contribution in [2.24, 2.45) is 17.4 Å². The first-order valence-corrected chi connectivity index (χ1v) is 7.09. The van der Waals surface area contributed by atoms with E-state index in [2.05, 4.69) is 5.32 Å². The third-order valence-corrected chi connectivity index (χ3v) is 4.24. The van der Waals surface area contributed by atoms with Gasteiger partial charge < -0.3 is 11.5 Å². The predicted octanol–water partition coefficient (Wildman–Crippen LogP) is 1.89. The molecule has 6 nitrogen and oxygen atoms in total. The highest BCUT2D eigenvalue weighted by atomic mass is 32.1. The van der Waals surface area contributed by atoms with Crippen molar-refractivity contribution in [3.05, 3.63) is 34.7 Å².